The summed E-state index contributed by atoms with van der Waals surface area (Å²) in [4.78, 5) is 18.5. The molecule has 0 fully saturated rings. The summed E-state index contributed by atoms with van der Waals surface area (Å²) in [5, 5.41) is 13.3. The Bertz CT molecular complexity index is 654. The van der Waals surface area contributed by atoms with Gasteiger partial charge in [0.25, 0.3) is 0 Å². The van der Waals surface area contributed by atoms with Crippen molar-refractivity contribution in [3.8, 4) is 0 Å². The number of amides is 1. The van der Waals surface area contributed by atoms with Gasteiger partial charge in [0.05, 0.1) is 24.3 Å². The molecule has 0 spiro atoms. The summed E-state index contributed by atoms with van der Waals surface area (Å²) < 4.78 is 0. The number of benzene rings is 1. The number of nitrogens with zero attached hydrogens (tertiary/aromatic N) is 2. The Morgan fingerprint density at radius 3 is 2.52 bits per heavy atom. The molecule has 0 bridgehead atoms. The third-order valence-electron chi connectivity index (χ3n) is 3.62. The van der Waals surface area contributed by atoms with Crippen molar-refractivity contribution in [1.82, 2.24) is 10.3 Å². The molecule has 0 radical (unpaired) electrons. The van der Waals surface area contributed by atoms with Crippen molar-refractivity contribution >= 4 is 11.7 Å². The fourth-order valence-electron chi connectivity index (χ4n) is 2.28. The molecule has 1 atom stereocenters. The number of aliphatic hydroxyl groups is 1. The van der Waals surface area contributed by atoms with E-state index in [1.165, 1.54) is 0 Å². The van der Waals surface area contributed by atoms with E-state index < -0.39 is 5.60 Å². The predicted octanol–water partition coefficient (Wildman–Crippen LogP) is 2.06. The van der Waals surface area contributed by atoms with E-state index in [9.17, 15) is 9.90 Å². The molecule has 2 aromatic rings. The molecule has 2 rings (SSSR count). The van der Waals surface area contributed by atoms with Crippen molar-refractivity contribution in [3.63, 3.8) is 0 Å². The number of aromatic nitrogens is 1. The van der Waals surface area contributed by atoms with Gasteiger partial charge in [0.2, 0.25) is 5.91 Å². The highest BCUT2D eigenvalue weighted by Crippen LogP contribution is 2.23. The minimum atomic E-state index is -1.19. The van der Waals surface area contributed by atoms with E-state index in [4.69, 9.17) is 0 Å². The first-order valence-electron chi connectivity index (χ1n) is 7.56. The second-order valence-electron chi connectivity index (χ2n) is 5.97. The van der Waals surface area contributed by atoms with Crippen LogP contribution in [0.5, 0.6) is 0 Å². The Balaban J connectivity index is 1.94. The van der Waals surface area contributed by atoms with Crippen LogP contribution in [0.25, 0.3) is 0 Å². The van der Waals surface area contributed by atoms with Crippen LogP contribution in [-0.2, 0) is 16.9 Å². The molecular weight excluding hydrogens is 290 g/mol. The van der Waals surface area contributed by atoms with E-state index in [1.807, 2.05) is 67.5 Å². The van der Waals surface area contributed by atoms with Crippen LogP contribution in [0.15, 0.2) is 48.5 Å². The second kappa shape index (κ2) is 7.24. The molecular formula is C18H23N3O2. The van der Waals surface area contributed by atoms with Crippen molar-refractivity contribution in [2.75, 3.05) is 19.0 Å². The van der Waals surface area contributed by atoms with Crippen LogP contribution in [0, 0.1) is 0 Å². The topological polar surface area (TPSA) is 65.5 Å². The Hall–Kier alpha value is -2.40. The van der Waals surface area contributed by atoms with Crippen molar-refractivity contribution < 1.29 is 9.90 Å². The van der Waals surface area contributed by atoms with Gasteiger partial charge in [0.1, 0.15) is 5.82 Å². The number of rotatable bonds is 6. The van der Waals surface area contributed by atoms with Crippen LogP contribution in [-0.4, -0.2) is 30.1 Å². The third-order valence-corrected chi connectivity index (χ3v) is 3.62. The van der Waals surface area contributed by atoms with Crippen LogP contribution < -0.4 is 10.2 Å². The first-order valence-corrected chi connectivity index (χ1v) is 7.56. The molecule has 0 aliphatic rings. The van der Waals surface area contributed by atoms with E-state index in [-0.39, 0.29) is 12.3 Å². The monoisotopic (exact) mass is 313 g/mol. The molecule has 5 nitrogen and oxygen atoms in total. The molecule has 1 aromatic heterocycles. The van der Waals surface area contributed by atoms with Gasteiger partial charge in [0, 0.05) is 14.1 Å². The van der Waals surface area contributed by atoms with Gasteiger partial charge in [-0.3, -0.25) is 4.79 Å². The van der Waals surface area contributed by atoms with E-state index in [0.717, 1.165) is 17.1 Å². The van der Waals surface area contributed by atoms with Crippen LogP contribution in [0.3, 0.4) is 0 Å². The maximum Gasteiger partial charge on any atom is 0.223 e. The van der Waals surface area contributed by atoms with Crippen molar-refractivity contribution in [2.24, 2.45) is 0 Å². The molecule has 122 valence electrons. The average molecular weight is 313 g/mol. The molecule has 0 aliphatic carbocycles. The van der Waals surface area contributed by atoms with Gasteiger partial charge in [0.15, 0.2) is 0 Å². The van der Waals surface area contributed by atoms with E-state index in [2.05, 4.69) is 10.3 Å². The molecule has 0 saturated heterocycles. The Morgan fingerprint density at radius 1 is 1.17 bits per heavy atom. The lowest BCUT2D eigenvalue weighted by atomic mass is 9.92. The first-order chi connectivity index (χ1) is 10.9. The quantitative estimate of drug-likeness (QED) is 0.857. The largest absolute Gasteiger partial charge is 0.385 e. The van der Waals surface area contributed by atoms with Gasteiger partial charge in [-0.2, -0.15) is 0 Å². The molecule has 0 saturated carbocycles. The molecule has 5 heteroatoms. The van der Waals surface area contributed by atoms with Crippen LogP contribution in [0.1, 0.15) is 24.6 Å². The Morgan fingerprint density at radius 2 is 1.87 bits per heavy atom. The number of nitrogens with one attached hydrogen (secondary N) is 1. The SMILES string of the molecule is CN(C)c1cccc(CNC(=O)CC(C)(O)c2ccccc2)n1. The number of carbonyl (C=O) groups excluding carboxylic acids is 1. The zero-order valence-electron chi connectivity index (χ0n) is 13.8. The Labute approximate surface area is 137 Å². The van der Waals surface area contributed by atoms with E-state index >= 15 is 0 Å². The number of anilines is 1. The minimum Gasteiger partial charge on any atom is -0.385 e. The summed E-state index contributed by atoms with van der Waals surface area (Å²) >= 11 is 0. The number of hydrogen-bond acceptors (Lipinski definition) is 4. The number of carbonyl (C=O) groups is 1. The fourth-order valence-corrected chi connectivity index (χ4v) is 2.28. The zero-order valence-corrected chi connectivity index (χ0v) is 13.8. The lowest BCUT2D eigenvalue weighted by molar-refractivity contribution is -0.126. The summed E-state index contributed by atoms with van der Waals surface area (Å²) in [6, 6.07) is 14.9. The second-order valence-corrected chi connectivity index (χ2v) is 5.97. The normalized spacial score (nSPS) is 13.2. The van der Waals surface area contributed by atoms with Gasteiger partial charge in [-0.1, -0.05) is 36.4 Å². The lowest BCUT2D eigenvalue weighted by Gasteiger charge is -2.23. The fraction of sp³-hybridized carbons (Fsp3) is 0.333. The molecule has 1 amide bonds. The lowest BCUT2D eigenvalue weighted by Crippen LogP contribution is -2.32. The van der Waals surface area contributed by atoms with Gasteiger partial charge in [-0.25, -0.2) is 4.98 Å². The van der Waals surface area contributed by atoms with Crippen molar-refractivity contribution in [1.29, 1.82) is 0 Å². The van der Waals surface area contributed by atoms with Crippen LogP contribution >= 0.6 is 0 Å². The summed E-state index contributed by atoms with van der Waals surface area (Å²) in [5.41, 5.74) is 0.316. The molecule has 1 aromatic carbocycles. The van der Waals surface area contributed by atoms with Gasteiger partial charge < -0.3 is 15.3 Å². The van der Waals surface area contributed by atoms with Gasteiger partial charge in [-0.15, -0.1) is 0 Å². The maximum absolute atomic E-state index is 12.1. The highest BCUT2D eigenvalue weighted by molar-refractivity contribution is 5.77. The van der Waals surface area contributed by atoms with E-state index in [0.29, 0.717) is 6.54 Å². The molecule has 1 heterocycles. The van der Waals surface area contributed by atoms with Crippen molar-refractivity contribution in [3.05, 3.63) is 59.8 Å². The summed E-state index contributed by atoms with van der Waals surface area (Å²) in [6.45, 7) is 1.98. The molecule has 0 aliphatic heterocycles. The van der Waals surface area contributed by atoms with Crippen LogP contribution in [0.2, 0.25) is 0 Å². The predicted molar refractivity (Wildman–Crippen MR) is 91.0 cm³/mol. The molecule has 1 unspecified atom stereocenters. The number of pyridine rings is 1. The highest BCUT2D eigenvalue weighted by atomic mass is 16.3. The highest BCUT2D eigenvalue weighted by Gasteiger charge is 2.26. The summed E-state index contributed by atoms with van der Waals surface area (Å²) in [6.07, 6.45) is 0.00435. The smallest absolute Gasteiger partial charge is 0.223 e. The van der Waals surface area contributed by atoms with Crippen molar-refractivity contribution in [2.45, 2.75) is 25.5 Å². The van der Waals surface area contributed by atoms with Gasteiger partial charge >= 0.3 is 0 Å². The number of hydrogen-bond donors (Lipinski definition) is 2. The minimum absolute atomic E-state index is 0.00435. The first kappa shape index (κ1) is 17.0. The van der Waals surface area contributed by atoms with E-state index in [1.54, 1.807) is 6.92 Å². The molecule has 23 heavy (non-hydrogen) atoms. The third kappa shape index (κ3) is 4.79. The summed E-state index contributed by atoms with van der Waals surface area (Å²) in [7, 11) is 3.84. The Kier molecular flexibility index (Phi) is 5.34. The maximum atomic E-state index is 12.1. The summed E-state index contributed by atoms with van der Waals surface area (Å²) in [5.74, 6) is 0.629. The average Bonchev–Trinajstić information content (AvgIpc) is 2.53. The molecule has 2 N–H and O–H groups in total. The standard InChI is InChI=1S/C18H23N3O2/c1-18(23,14-8-5-4-6-9-14)12-17(22)19-13-15-10-7-11-16(20-15)21(2)3/h4-11,23H,12-13H2,1-3H3,(H,19,22). The van der Waals surface area contributed by atoms with Crippen LogP contribution in [0.4, 0.5) is 5.82 Å². The van der Waals surface area contributed by atoms with Gasteiger partial charge in [-0.05, 0) is 24.6 Å². The zero-order chi connectivity index (χ0) is 16.9.